The van der Waals surface area contributed by atoms with Gasteiger partial charge in [0.05, 0.1) is 22.6 Å². The molecule has 1 amide bonds. The third-order valence-corrected chi connectivity index (χ3v) is 5.70. The molecule has 0 aliphatic heterocycles. The smallest absolute Gasteiger partial charge is 0.266 e. The monoisotopic (exact) mass is 465 g/mol. The van der Waals surface area contributed by atoms with E-state index >= 15 is 0 Å². The molecule has 5 aromatic rings. The molecule has 0 saturated heterocycles. The van der Waals surface area contributed by atoms with E-state index in [0.29, 0.717) is 28.1 Å². The highest BCUT2D eigenvalue weighted by Crippen LogP contribution is 2.22. The zero-order chi connectivity index (χ0) is 24.5. The maximum atomic E-state index is 13.8. The SMILES string of the molecule is C/C=C/c1cccc2nc(C(C)NC(=O)c3c(N)nn4cccnc34)n(-c3ccccc3)c(=O)c12. The van der Waals surface area contributed by atoms with Crippen molar-refractivity contribution in [1.29, 1.82) is 0 Å². The Labute approximate surface area is 200 Å². The molecule has 35 heavy (non-hydrogen) atoms. The number of aromatic nitrogens is 5. The van der Waals surface area contributed by atoms with Crippen molar-refractivity contribution < 1.29 is 4.79 Å². The van der Waals surface area contributed by atoms with Crippen molar-refractivity contribution in [3.63, 3.8) is 0 Å². The van der Waals surface area contributed by atoms with Crippen LogP contribution < -0.4 is 16.6 Å². The van der Waals surface area contributed by atoms with Gasteiger partial charge in [0, 0.05) is 12.4 Å². The van der Waals surface area contributed by atoms with Crippen LogP contribution in [0.1, 0.15) is 41.6 Å². The summed E-state index contributed by atoms with van der Waals surface area (Å²) in [4.78, 5) is 36.1. The van der Waals surface area contributed by atoms with Crippen molar-refractivity contribution in [2.75, 3.05) is 5.73 Å². The lowest BCUT2D eigenvalue weighted by Gasteiger charge is -2.20. The number of amides is 1. The van der Waals surface area contributed by atoms with Crippen LogP contribution in [0.4, 0.5) is 5.82 Å². The van der Waals surface area contributed by atoms with E-state index in [1.54, 1.807) is 31.5 Å². The van der Waals surface area contributed by atoms with Gasteiger partial charge < -0.3 is 11.1 Å². The van der Waals surface area contributed by atoms with Gasteiger partial charge in [0.15, 0.2) is 11.5 Å². The second-order valence-corrected chi connectivity index (χ2v) is 8.03. The number of rotatable bonds is 5. The Bertz CT molecular complexity index is 1650. The highest BCUT2D eigenvalue weighted by atomic mass is 16.2. The number of nitrogens with one attached hydrogen (secondary N) is 1. The van der Waals surface area contributed by atoms with E-state index in [2.05, 4.69) is 15.4 Å². The van der Waals surface area contributed by atoms with Crippen molar-refractivity contribution in [3.05, 3.63) is 100 Å². The van der Waals surface area contributed by atoms with Crippen molar-refractivity contribution >= 4 is 34.4 Å². The van der Waals surface area contributed by atoms with E-state index in [-0.39, 0.29) is 16.9 Å². The maximum Gasteiger partial charge on any atom is 0.266 e. The summed E-state index contributed by atoms with van der Waals surface area (Å²) in [5, 5.41) is 7.59. The van der Waals surface area contributed by atoms with E-state index < -0.39 is 11.9 Å². The Morgan fingerprint density at radius 3 is 2.69 bits per heavy atom. The van der Waals surface area contributed by atoms with Gasteiger partial charge in [-0.25, -0.2) is 14.5 Å². The predicted molar refractivity (Wildman–Crippen MR) is 135 cm³/mol. The van der Waals surface area contributed by atoms with Gasteiger partial charge in [-0.15, -0.1) is 5.10 Å². The summed E-state index contributed by atoms with van der Waals surface area (Å²) < 4.78 is 2.99. The van der Waals surface area contributed by atoms with E-state index in [4.69, 9.17) is 10.7 Å². The zero-order valence-corrected chi connectivity index (χ0v) is 19.2. The number of anilines is 1. The number of allylic oxidation sites excluding steroid dienone is 1. The van der Waals surface area contributed by atoms with Crippen LogP contribution >= 0.6 is 0 Å². The molecule has 5 rings (SSSR count). The molecule has 0 bridgehead atoms. The first-order valence-electron chi connectivity index (χ1n) is 11.1. The molecule has 1 unspecified atom stereocenters. The molecule has 9 nitrogen and oxygen atoms in total. The molecule has 0 fully saturated rings. The fourth-order valence-corrected chi connectivity index (χ4v) is 4.16. The number of nitrogens with two attached hydrogens (primary N) is 1. The molecule has 3 N–H and O–H groups in total. The van der Waals surface area contributed by atoms with Crippen molar-refractivity contribution in [2.24, 2.45) is 0 Å². The molecule has 9 heteroatoms. The van der Waals surface area contributed by atoms with Gasteiger partial charge in [-0.1, -0.05) is 42.5 Å². The molecule has 0 aliphatic rings. The minimum atomic E-state index is -0.636. The highest BCUT2D eigenvalue weighted by molar-refractivity contribution is 6.04. The van der Waals surface area contributed by atoms with Crippen LogP contribution in [0.5, 0.6) is 0 Å². The fraction of sp³-hybridized carbons (Fsp3) is 0.115. The van der Waals surface area contributed by atoms with Crippen LogP contribution in [-0.2, 0) is 0 Å². The van der Waals surface area contributed by atoms with Gasteiger partial charge in [0.2, 0.25) is 0 Å². The van der Waals surface area contributed by atoms with E-state index in [0.717, 1.165) is 5.56 Å². The average Bonchev–Trinajstić information content (AvgIpc) is 3.20. The van der Waals surface area contributed by atoms with Crippen LogP contribution in [0.2, 0.25) is 0 Å². The summed E-state index contributed by atoms with van der Waals surface area (Å²) in [6.07, 6.45) is 7.00. The summed E-state index contributed by atoms with van der Waals surface area (Å²) in [6.45, 7) is 3.67. The first-order valence-corrected chi connectivity index (χ1v) is 11.1. The predicted octanol–water partition coefficient (Wildman–Crippen LogP) is 3.53. The summed E-state index contributed by atoms with van der Waals surface area (Å²) in [5.74, 6) is -0.000628. The van der Waals surface area contributed by atoms with Gasteiger partial charge in [0.25, 0.3) is 11.5 Å². The Morgan fingerprint density at radius 2 is 1.91 bits per heavy atom. The van der Waals surface area contributed by atoms with Crippen molar-refractivity contribution in [2.45, 2.75) is 19.9 Å². The number of para-hydroxylation sites is 1. The molecular formula is C26H23N7O2. The Kier molecular flexibility index (Phi) is 5.58. The number of hydrogen-bond donors (Lipinski definition) is 2. The molecule has 1 atom stereocenters. The summed E-state index contributed by atoms with van der Waals surface area (Å²) in [6, 6.07) is 15.8. The lowest BCUT2D eigenvalue weighted by atomic mass is 10.1. The first kappa shape index (κ1) is 22.0. The van der Waals surface area contributed by atoms with Gasteiger partial charge in [-0.05, 0) is 43.7 Å². The number of fused-ring (bicyclic) bond motifs is 2. The fourth-order valence-electron chi connectivity index (χ4n) is 4.16. The second-order valence-electron chi connectivity index (χ2n) is 8.03. The molecule has 0 spiro atoms. The Hall–Kier alpha value is -4.79. The maximum absolute atomic E-state index is 13.8. The number of benzene rings is 2. The topological polar surface area (TPSA) is 120 Å². The van der Waals surface area contributed by atoms with Gasteiger partial charge >= 0.3 is 0 Å². The lowest BCUT2D eigenvalue weighted by molar-refractivity contribution is 0.0940. The first-order chi connectivity index (χ1) is 17.0. The quantitative estimate of drug-likeness (QED) is 0.410. The number of hydrogen-bond acceptors (Lipinski definition) is 6. The van der Waals surface area contributed by atoms with Crippen LogP contribution in [-0.4, -0.2) is 30.1 Å². The standard InChI is InChI=1S/C26H23N7O2/c1-3-9-17-10-7-13-19-20(17)26(35)33(18-11-5-4-6-12-18)23(30-19)16(2)29-25(34)21-22(27)31-32-15-8-14-28-24(21)32/h3-16H,1-2H3,(H2,27,31)(H,29,34)/b9-3+. The van der Waals surface area contributed by atoms with E-state index in [1.807, 2.05) is 61.5 Å². The van der Waals surface area contributed by atoms with Crippen LogP contribution in [0.25, 0.3) is 28.3 Å². The van der Waals surface area contributed by atoms with Crippen LogP contribution in [0.3, 0.4) is 0 Å². The minimum absolute atomic E-state index is 0.0660. The molecule has 2 aromatic carbocycles. The van der Waals surface area contributed by atoms with E-state index in [9.17, 15) is 9.59 Å². The Morgan fingerprint density at radius 1 is 1.11 bits per heavy atom. The second kappa shape index (κ2) is 8.86. The number of carbonyl (C=O) groups is 1. The van der Waals surface area contributed by atoms with Gasteiger partial charge in [0.1, 0.15) is 11.4 Å². The molecule has 0 aliphatic carbocycles. The van der Waals surface area contributed by atoms with Crippen molar-refractivity contribution in [3.8, 4) is 5.69 Å². The number of carbonyl (C=O) groups excluding carboxylic acids is 1. The molecule has 174 valence electrons. The number of nitrogens with zero attached hydrogens (tertiary/aromatic N) is 5. The largest absolute Gasteiger partial charge is 0.381 e. The average molecular weight is 466 g/mol. The van der Waals surface area contributed by atoms with Crippen molar-refractivity contribution in [1.82, 2.24) is 29.5 Å². The van der Waals surface area contributed by atoms with Crippen LogP contribution in [0, 0.1) is 0 Å². The van der Waals surface area contributed by atoms with Gasteiger partial charge in [-0.2, -0.15) is 0 Å². The van der Waals surface area contributed by atoms with Gasteiger partial charge in [-0.3, -0.25) is 14.2 Å². The minimum Gasteiger partial charge on any atom is -0.381 e. The summed E-state index contributed by atoms with van der Waals surface area (Å²) in [5.41, 5.74) is 8.29. The molecule has 0 saturated carbocycles. The molecular weight excluding hydrogens is 442 g/mol. The van der Waals surface area contributed by atoms with Crippen LogP contribution in [0.15, 0.2) is 77.9 Å². The Balaban J connectivity index is 1.66. The molecule has 0 radical (unpaired) electrons. The highest BCUT2D eigenvalue weighted by Gasteiger charge is 2.24. The lowest BCUT2D eigenvalue weighted by Crippen LogP contribution is -2.33. The summed E-state index contributed by atoms with van der Waals surface area (Å²) >= 11 is 0. The molecule has 3 aromatic heterocycles. The third kappa shape index (κ3) is 3.82. The zero-order valence-electron chi connectivity index (χ0n) is 19.2. The molecule has 3 heterocycles. The third-order valence-electron chi connectivity index (χ3n) is 5.70. The van der Waals surface area contributed by atoms with E-state index in [1.165, 1.54) is 9.08 Å². The number of nitrogen functional groups attached to an aromatic ring is 1. The summed E-state index contributed by atoms with van der Waals surface area (Å²) in [7, 11) is 0. The normalized spacial score (nSPS) is 12.4.